The Balaban J connectivity index is 1.77. The third-order valence-electron chi connectivity index (χ3n) is 4.20. The van der Waals surface area contributed by atoms with E-state index in [0.717, 1.165) is 5.69 Å². The number of aromatic hydroxyl groups is 1. The zero-order valence-electron chi connectivity index (χ0n) is 15.7. The lowest BCUT2D eigenvalue weighted by Gasteiger charge is -2.19. The molecule has 0 saturated carbocycles. The van der Waals surface area contributed by atoms with Crippen LogP contribution in [0.3, 0.4) is 0 Å². The quantitative estimate of drug-likeness (QED) is 0.567. The Kier molecular flexibility index (Phi) is 5.12. The second kappa shape index (κ2) is 7.50. The number of carbonyl (C=O) groups excluding carboxylic acids is 1. The summed E-state index contributed by atoms with van der Waals surface area (Å²) in [4.78, 5) is 16.9. The van der Waals surface area contributed by atoms with Crippen molar-refractivity contribution < 1.29 is 9.90 Å². The lowest BCUT2D eigenvalue weighted by Crippen LogP contribution is -2.15. The highest BCUT2D eigenvalue weighted by Crippen LogP contribution is 2.25. The van der Waals surface area contributed by atoms with Crippen molar-refractivity contribution >= 4 is 23.1 Å². The number of hydrogen-bond donors (Lipinski definition) is 3. The summed E-state index contributed by atoms with van der Waals surface area (Å²) in [6.07, 6.45) is 1.65. The molecule has 0 saturated heterocycles. The summed E-state index contributed by atoms with van der Waals surface area (Å²) in [5.41, 5.74) is 3.14. The summed E-state index contributed by atoms with van der Waals surface area (Å²) >= 11 is 0. The summed E-state index contributed by atoms with van der Waals surface area (Å²) < 4.78 is 0. The van der Waals surface area contributed by atoms with Crippen molar-refractivity contribution in [3.05, 3.63) is 78.0 Å². The topological polar surface area (TPSA) is 74.2 Å². The number of phenols is 1. The monoisotopic (exact) mass is 361 g/mol. The summed E-state index contributed by atoms with van der Waals surface area (Å²) in [7, 11) is 0. The van der Waals surface area contributed by atoms with Crippen LogP contribution in [-0.2, 0) is 5.41 Å². The van der Waals surface area contributed by atoms with Gasteiger partial charge in [0.15, 0.2) is 5.82 Å². The van der Waals surface area contributed by atoms with Crippen LogP contribution in [0.1, 0.15) is 36.7 Å². The summed E-state index contributed by atoms with van der Waals surface area (Å²) in [6, 6.07) is 17.8. The molecule has 5 nitrogen and oxygen atoms in total. The zero-order chi connectivity index (χ0) is 19.4. The number of amides is 1. The van der Waals surface area contributed by atoms with Crippen molar-refractivity contribution in [2.24, 2.45) is 0 Å². The van der Waals surface area contributed by atoms with E-state index in [1.165, 1.54) is 5.56 Å². The van der Waals surface area contributed by atoms with Crippen LogP contribution in [0, 0.1) is 0 Å². The second-order valence-corrected chi connectivity index (χ2v) is 7.35. The number of nitrogens with zero attached hydrogens (tertiary/aromatic N) is 1. The molecule has 3 rings (SSSR count). The van der Waals surface area contributed by atoms with Gasteiger partial charge in [-0.15, -0.1) is 0 Å². The molecule has 27 heavy (non-hydrogen) atoms. The van der Waals surface area contributed by atoms with Crippen molar-refractivity contribution in [1.29, 1.82) is 0 Å². The molecular formula is C22H23N3O2. The smallest absolute Gasteiger partial charge is 0.255 e. The van der Waals surface area contributed by atoms with E-state index in [1.54, 1.807) is 42.6 Å². The second-order valence-electron chi connectivity index (χ2n) is 7.35. The molecule has 1 heterocycles. The fourth-order valence-electron chi connectivity index (χ4n) is 2.60. The van der Waals surface area contributed by atoms with Gasteiger partial charge in [0.05, 0.1) is 5.69 Å². The van der Waals surface area contributed by atoms with E-state index >= 15 is 0 Å². The van der Waals surface area contributed by atoms with E-state index < -0.39 is 0 Å². The first kappa shape index (κ1) is 18.5. The molecule has 0 spiro atoms. The van der Waals surface area contributed by atoms with Crippen molar-refractivity contribution in [1.82, 2.24) is 4.98 Å². The maximum Gasteiger partial charge on any atom is 0.255 e. The van der Waals surface area contributed by atoms with Crippen LogP contribution in [0.25, 0.3) is 0 Å². The van der Waals surface area contributed by atoms with Crippen LogP contribution in [0.5, 0.6) is 5.75 Å². The first-order valence-corrected chi connectivity index (χ1v) is 8.76. The van der Waals surface area contributed by atoms with Crippen LogP contribution in [-0.4, -0.2) is 16.0 Å². The van der Waals surface area contributed by atoms with Gasteiger partial charge in [-0.1, -0.05) is 32.9 Å². The standard InChI is InChI=1S/C22H23N3O2/c1-22(2,3)16-8-6-15(7-9-16)21(27)25-19-5-4-14-23-20(19)24-17-10-12-18(26)13-11-17/h4-14,26H,1-3H3,(H,23,24)(H,25,27). The number of hydrogen-bond acceptors (Lipinski definition) is 4. The summed E-state index contributed by atoms with van der Waals surface area (Å²) in [5, 5.41) is 15.4. The van der Waals surface area contributed by atoms with Crippen molar-refractivity contribution in [2.75, 3.05) is 10.6 Å². The van der Waals surface area contributed by atoms with E-state index in [1.807, 2.05) is 24.3 Å². The Hall–Kier alpha value is -3.34. The summed E-state index contributed by atoms with van der Waals surface area (Å²) in [6.45, 7) is 6.41. The van der Waals surface area contributed by atoms with Crippen molar-refractivity contribution in [3.8, 4) is 5.75 Å². The molecule has 0 aliphatic heterocycles. The number of rotatable bonds is 4. The molecule has 0 bridgehead atoms. The average Bonchev–Trinajstić information content (AvgIpc) is 2.64. The molecule has 0 radical (unpaired) electrons. The highest BCUT2D eigenvalue weighted by atomic mass is 16.3. The average molecular weight is 361 g/mol. The predicted octanol–water partition coefficient (Wildman–Crippen LogP) is 5.08. The molecule has 0 atom stereocenters. The van der Waals surface area contributed by atoms with Crippen LogP contribution in [0.2, 0.25) is 0 Å². The van der Waals surface area contributed by atoms with Crippen LogP contribution >= 0.6 is 0 Å². The highest BCUT2D eigenvalue weighted by Gasteiger charge is 2.15. The van der Waals surface area contributed by atoms with E-state index in [4.69, 9.17) is 0 Å². The minimum absolute atomic E-state index is 0.0412. The molecule has 1 aromatic heterocycles. The fourth-order valence-corrected chi connectivity index (χ4v) is 2.60. The first-order valence-electron chi connectivity index (χ1n) is 8.76. The number of benzene rings is 2. The minimum Gasteiger partial charge on any atom is -0.508 e. The number of carbonyl (C=O) groups is 1. The van der Waals surface area contributed by atoms with Crippen LogP contribution in [0.4, 0.5) is 17.2 Å². The van der Waals surface area contributed by atoms with Gasteiger partial charge in [-0.3, -0.25) is 4.79 Å². The SMILES string of the molecule is CC(C)(C)c1ccc(C(=O)Nc2cccnc2Nc2ccc(O)cc2)cc1. The molecule has 0 fully saturated rings. The molecule has 0 unspecified atom stereocenters. The molecule has 3 aromatic rings. The third kappa shape index (κ3) is 4.64. The Morgan fingerprint density at radius 2 is 1.63 bits per heavy atom. The third-order valence-corrected chi connectivity index (χ3v) is 4.20. The number of anilines is 3. The first-order chi connectivity index (χ1) is 12.8. The van der Waals surface area contributed by atoms with Gasteiger partial charge in [0, 0.05) is 17.4 Å². The maximum atomic E-state index is 12.6. The van der Waals surface area contributed by atoms with Gasteiger partial charge in [-0.05, 0) is 59.5 Å². The van der Waals surface area contributed by atoms with Gasteiger partial charge in [0.25, 0.3) is 5.91 Å². The van der Waals surface area contributed by atoms with Gasteiger partial charge >= 0.3 is 0 Å². The molecule has 3 N–H and O–H groups in total. The highest BCUT2D eigenvalue weighted by molar-refractivity contribution is 6.05. The van der Waals surface area contributed by atoms with Crippen molar-refractivity contribution in [2.45, 2.75) is 26.2 Å². The van der Waals surface area contributed by atoms with Crippen molar-refractivity contribution in [3.63, 3.8) is 0 Å². The van der Waals surface area contributed by atoms with Crippen LogP contribution < -0.4 is 10.6 Å². The largest absolute Gasteiger partial charge is 0.508 e. The number of aromatic nitrogens is 1. The maximum absolute atomic E-state index is 12.6. The Morgan fingerprint density at radius 3 is 2.26 bits per heavy atom. The zero-order valence-corrected chi connectivity index (χ0v) is 15.7. The van der Waals surface area contributed by atoms with E-state index in [-0.39, 0.29) is 17.1 Å². The molecule has 1 amide bonds. The molecule has 2 aromatic carbocycles. The molecule has 0 aliphatic rings. The predicted molar refractivity (Wildman–Crippen MR) is 109 cm³/mol. The lowest BCUT2D eigenvalue weighted by molar-refractivity contribution is 0.102. The lowest BCUT2D eigenvalue weighted by atomic mass is 9.87. The molecule has 0 aliphatic carbocycles. The number of nitrogens with one attached hydrogen (secondary N) is 2. The van der Waals surface area contributed by atoms with E-state index in [2.05, 4.69) is 36.4 Å². The molecule has 5 heteroatoms. The molecule has 138 valence electrons. The van der Waals surface area contributed by atoms with E-state index in [0.29, 0.717) is 17.1 Å². The van der Waals surface area contributed by atoms with E-state index in [9.17, 15) is 9.90 Å². The van der Waals surface area contributed by atoms with Gasteiger partial charge in [-0.2, -0.15) is 0 Å². The van der Waals surface area contributed by atoms with Gasteiger partial charge in [0.1, 0.15) is 5.75 Å². The van der Waals surface area contributed by atoms with Gasteiger partial charge < -0.3 is 15.7 Å². The number of pyridine rings is 1. The summed E-state index contributed by atoms with van der Waals surface area (Å²) in [5.74, 6) is 0.522. The Labute approximate surface area is 159 Å². The van der Waals surface area contributed by atoms with Crippen LogP contribution in [0.15, 0.2) is 66.9 Å². The normalized spacial score (nSPS) is 11.1. The fraction of sp³-hybridized carbons (Fsp3) is 0.182. The van der Waals surface area contributed by atoms with Gasteiger partial charge in [0.2, 0.25) is 0 Å². The number of phenolic OH excluding ortho intramolecular Hbond substituents is 1. The van der Waals surface area contributed by atoms with Gasteiger partial charge in [-0.25, -0.2) is 4.98 Å². The molecular weight excluding hydrogens is 338 g/mol. The Bertz CT molecular complexity index is 927. The minimum atomic E-state index is -0.197. The Morgan fingerprint density at radius 1 is 0.963 bits per heavy atom.